The maximum absolute atomic E-state index is 4.93. The van der Waals surface area contributed by atoms with E-state index >= 15 is 0 Å². The van der Waals surface area contributed by atoms with E-state index in [1.165, 1.54) is 110 Å². The van der Waals surface area contributed by atoms with Gasteiger partial charge in [-0.25, -0.2) is 0 Å². The van der Waals surface area contributed by atoms with Gasteiger partial charge in [-0.15, -0.1) is 74.6 Å². The largest absolute Gasteiger partial charge is 0.184 e. The van der Waals surface area contributed by atoms with Gasteiger partial charge in [-0.1, -0.05) is 144 Å². The number of benzene rings is 6. The van der Waals surface area contributed by atoms with Crippen LogP contribution in [0.5, 0.6) is 0 Å². The van der Waals surface area contributed by atoms with Gasteiger partial charge in [0.15, 0.2) is 0 Å². The zero-order valence-corrected chi connectivity index (χ0v) is 41.9. The van der Waals surface area contributed by atoms with Crippen molar-refractivity contribution in [3.63, 3.8) is 0 Å². The summed E-state index contributed by atoms with van der Waals surface area (Å²) < 4.78 is 0. The van der Waals surface area contributed by atoms with Crippen LogP contribution in [0.2, 0.25) is 0 Å². The van der Waals surface area contributed by atoms with E-state index in [0.717, 1.165) is 22.4 Å². The molecule has 4 heteroatoms. The van der Waals surface area contributed by atoms with Crippen molar-refractivity contribution < 1.29 is 20.8 Å². The van der Waals surface area contributed by atoms with Crippen molar-refractivity contribution in [1.82, 2.24) is 0 Å². The molecule has 0 fully saturated rings. The summed E-state index contributed by atoms with van der Waals surface area (Å²) >= 11 is -0.826. The van der Waals surface area contributed by atoms with Crippen molar-refractivity contribution in [3.05, 3.63) is 178 Å². The van der Waals surface area contributed by atoms with Crippen LogP contribution in [-0.4, -0.2) is 9.52 Å². The monoisotopic (exact) mass is 917 g/mol. The van der Waals surface area contributed by atoms with E-state index in [9.17, 15) is 0 Å². The molecule has 0 N–H and O–H groups in total. The first-order valence-electron chi connectivity index (χ1n) is 21.1. The molecule has 8 aromatic carbocycles. The number of rotatable bonds is 6. The van der Waals surface area contributed by atoms with E-state index < -0.39 is 20.8 Å². The molecule has 0 saturated carbocycles. The van der Waals surface area contributed by atoms with Gasteiger partial charge < -0.3 is 0 Å². The average molecular weight is 920 g/mol. The van der Waals surface area contributed by atoms with Crippen LogP contribution in [0.1, 0.15) is 72.2 Å². The number of aryl methyl sites for hydroxylation is 6. The quantitative estimate of drug-likeness (QED) is 0.115. The summed E-state index contributed by atoms with van der Waals surface area (Å²) in [6.07, 6.45) is 2.31. The van der Waals surface area contributed by atoms with Crippen LogP contribution < -0.4 is 10.4 Å². The van der Waals surface area contributed by atoms with Gasteiger partial charge in [-0.2, -0.15) is 41.6 Å². The molecule has 0 aliphatic carbocycles. The van der Waals surface area contributed by atoms with Gasteiger partial charge in [0.2, 0.25) is 0 Å². The van der Waals surface area contributed by atoms with E-state index in [-0.39, 0.29) is 0 Å². The molecular formula is C56H57Cl2SiZr-3. The third-order valence-electron chi connectivity index (χ3n) is 11.0. The summed E-state index contributed by atoms with van der Waals surface area (Å²) in [5.41, 5.74) is 19.2. The average Bonchev–Trinajstić information content (AvgIpc) is 3.89. The Hall–Kier alpha value is -3.78. The molecule has 0 bridgehead atoms. The molecule has 60 heavy (non-hydrogen) atoms. The summed E-state index contributed by atoms with van der Waals surface area (Å²) in [7, 11) is 10.7. The zero-order chi connectivity index (χ0) is 43.1. The Bertz CT molecular complexity index is 2480. The Morgan fingerprint density at radius 1 is 0.550 bits per heavy atom. The number of fused-ring (bicyclic) bond motifs is 5. The van der Waals surface area contributed by atoms with Crippen molar-refractivity contribution >= 4 is 58.5 Å². The maximum atomic E-state index is 4.93. The normalized spacial score (nSPS) is 11.4. The Labute approximate surface area is 381 Å². The summed E-state index contributed by atoms with van der Waals surface area (Å²) in [6.45, 7) is 22.3. The van der Waals surface area contributed by atoms with Gasteiger partial charge in [0.1, 0.15) is 0 Å². The minimum Gasteiger partial charge on any atom is -0.184 e. The molecule has 1 heterocycles. The van der Waals surface area contributed by atoms with Gasteiger partial charge in [0.05, 0.1) is 9.52 Å². The predicted molar refractivity (Wildman–Crippen MR) is 263 cm³/mol. The smallest absolute Gasteiger partial charge is 0.0920 e. The second-order valence-corrected chi connectivity index (χ2v) is 22.4. The Morgan fingerprint density at radius 3 is 1.43 bits per heavy atom. The topological polar surface area (TPSA) is 0 Å². The van der Waals surface area contributed by atoms with E-state index in [0.29, 0.717) is 11.8 Å². The van der Waals surface area contributed by atoms with Crippen LogP contribution in [0, 0.1) is 59.4 Å². The van der Waals surface area contributed by atoms with E-state index in [2.05, 4.69) is 197 Å². The minimum atomic E-state index is -0.826. The predicted octanol–water partition coefficient (Wildman–Crippen LogP) is 15.2. The molecule has 1 aliphatic rings. The standard InChI is InChI=1S/2C22H25.C12H7Si.2ClH.Zr/c2*1-14(2)8-18-12-19-7-6-17(5)22(21(19)13-18)20-10-15(3)9-16(4)11-20;1-3-7-11-9(5-1)10-6-2-4-8-12(10)13-11;;;/h2*6-7,9-14H,8H2,1-5H3;1-7H;2*1H;/q3*-1;;;+2/p-2. The van der Waals surface area contributed by atoms with Crippen molar-refractivity contribution in [3.8, 4) is 33.4 Å². The summed E-state index contributed by atoms with van der Waals surface area (Å²) in [5, 5.41) is 8.37. The summed E-state index contributed by atoms with van der Waals surface area (Å²) in [4.78, 5) is 0. The van der Waals surface area contributed by atoms with Crippen molar-refractivity contribution in [1.29, 1.82) is 0 Å². The van der Waals surface area contributed by atoms with Crippen molar-refractivity contribution in [2.75, 3.05) is 0 Å². The van der Waals surface area contributed by atoms with Crippen LogP contribution in [0.25, 0.3) is 54.9 Å². The number of hydrogen-bond acceptors (Lipinski definition) is 0. The van der Waals surface area contributed by atoms with Gasteiger partial charge in [-0.3, -0.25) is 0 Å². The van der Waals surface area contributed by atoms with Crippen LogP contribution in [-0.2, 0) is 33.7 Å². The first-order chi connectivity index (χ1) is 28.7. The molecule has 0 saturated heterocycles. The fraction of sp³-hybridized carbons (Fsp3) is 0.250. The van der Waals surface area contributed by atoms with Crippen LogP contribution in [0.15, 0.2) is 127 Å². The summed E-state index contributed by atoms with van der Waals surface area (Å²) in [5.74, 6) is 1.39. The Kier molecular flexibility index (Phi) is 15.9. The Balaban J connectivity index is 0.000000150. The minimum absolute atomic E-state index is 0.697. The first-order valence-corrected chi connectivity index (χ1v) is 28.5. The molecule has 8 aromatic rings. The molecule has 0 nitrogen and oxygen atoms in total. The first kappa shape index (κ1) is 45.7. The van der Waals surface area contributed by atoms with Crippen LogP contribution >= 0.6 is 17.0 Å². The third kappa shape index (κ3) is 11.4. The SMILES string of the molecule is Cc1cc(C)cc(-c2c(C)ccc3[cH-]c(CC(C)C)cc23)c1.Cc1cc(C)cc(-c2c(C)ccc3[cH-]c(CC(C)C)cc23)c1.[Cl][Zr][Cl].[c-]1cccc2c1[Si]c1ccccc1-2. The number of hydrogen-bond donors (Lipinski definition) is 0. The number of halogens is 2. The zero-order valence-electron chi connectivity index (χ0n) is 36.9. The molecule has 0 spiro atoms. The molecule has 9 rings (SSSR count). The van der Waals surface area contributed by atoms with Crippen LogP contribution in [0.4, 0.5) is 0 Å². The molecule has 306 valence electrons. The molecular weight excluding hydrogens is 863 g/mol. The Morgan fingerprint density at radius 2 is 0.983 bits per heavy atom. The van der Waals surface area contributed by atoms with Gasteiger partial charge in [0, 0.05) is 0 Å². The molecule has 0 atom stereocenters. The van der Waals surface area contributed by atoms with Gasteiger partial charge in [0.25, 0.3) is 0 Å². The molecule has 2 radical (unpaired) electrons. The third-order valence-corrected chi connectivity index (χ3v) is 12.3. The van der Waals surface area contributed by atoms with E-state index in [4.69, 9.17) is 17.0 Å². The molecule has 0 unspecified atom stereocenters. The maximum Gasteiger partial charge on any atom is 0.0920 e. The molecule has 0 aromatic heterocycles. The molecule has 1 aliphatic heterocycles. The fourth-order valence-electron chi connectivity index (χ4n) is 8.81. The van der Waals surface area contributed by atoms with Crippen LogP contribution in [0.3, 0.4) is 0 Å². The van der Waals surface area contributed by atoms with Gasteiger partial charge >= 0.3 is 37.9 Å². The van der Waals surface area contributed by atoms with Crippen molar-refractivity contribution in [2.24, 2.45) is 11.8 Å². The second kappa shape index (κ2) is 20.9. The van der Waals surface area contributed by atoms with E-state index in [1.807, 2.05) is 6.07 Å². The van der Waals surface area contributed by atoms with Crippen molar-refractivity contribution in [2.45, 2.75) is 82.1 Å². The molecule has 0 amide bonds. The van der Waals surface area contributed by atoms with Gasteiger partial charge in [-0.05, 0) is 77.3 Å². The van der Waals surface area contributed by atoms with E-state index in [1.54, 1.807) is 0 Å². The summed E-state index contributed by atoms with van der Waals surface area (Å²) in [6, 6.07) is 50.5. The second-order valence-electron chi connectivity index (χ2n) is 17.4. The fourth-order valence-corrected chi connectivity index (χ4v) is 10.1.